The van der Waals surface area contributed by atoms with E-state index < -0.39 is 0 Å². The number of aromatic nitrogens is 3. The van der Waals surface area contributed by atoms with Crippen molar-refractivity contribution in [3.63, 3.8) is 0 Å². The van der Waals surface area contributed by atoms with Crippen molar-refractivity contribution >= 4 is 10.9 Å². The van der Waals surface area contributed by atoms with Crippen molar-refractivity contribution in [1.29, 1.82) is 0 Å². The maximum Gasteiger partial charge on any atom is 0.251 e. The molecular formula is C20H22N4O. The van der Waals surface area contributed by atoms with Crippen molar-refractivity contribution in [2.75, 3.05) is 13.1 Å². The van der Waals surface area contributed by atoms with Gasteiger partial charge in [-0.05, 0) is 44.0 Å². The summed E-state index contributed by atoms with van der Waals surface area (Å²) in [6.07, 6.45) is 4.10. The van der Waals surface area contributed by atoms with E-state index >= 15 is 0 Å². The van der Waals surface area contributed by atoms with Crippen molar-refractivity contribution in [2.24, 2.45) is 0 Å². The molecule has 0 saturated carbocycles. The number of hydrogen-bond acceptors (Lipinski definition) is 4. The van der Waals surface area contributed by atoms with Crippen LogP contribution in [-0.4, -0.2) is 32.9 Å². The lowest BCUT2D eigenvalue weighted by molar-refractivity contribution is 0.199. The van der Waals surface area contributed by atoms with Crippen LogP contribution in [0.2, 0.25) is 0 Å². The summed E-state index contributed by atoms with van der Waals surface area (Å²) in [6.45, 7) is 4.76. The Bertz CT molecular complexity index is 944. The van der Waals surface area contributed by atoms with Crippen LogP contribution < -0.4 is 5.56 Å². The third-order valence-corrected chi connectivity index (χ3v) is 4.94. The summed E-state index contributed by atoms with van der Waals surface area (Å²) in [5.74, 6) is 1.02. The number of nitrogens with zero attached hydrogens (tertiary/aromatic N) is 3. The maximum absolute atomic E-state index is 11.8. The fraction of sp³-hybridized carbons (Fsp3) is 0.350. The van der Waals surface area contributed by atoms with Crippen molar-refractivity contribution in [3.8, 4) is 0 Å². The first-order valence-electron chi connectivity index (χ1n) is 8.82. The number of likely N-dealkylation sites (tertiary alicyclic amines) is 1. The van der Waals surface area contributed by atoms with Crippen LogP contribution in [0, 0.1) is 6.92 Å². The van der Waals surface area contributed by atoms with E-state index in [0.29, 0.717) is 11.7 Å². The van der Waals surface area contributed by atoms with Gasteiger partial charge >= 0.3 is 0 Å². The lowest BCUT2D eigenvalue weighted by atomic mass is 9.94. The predicted molar refractivity (Wildman–Crippen MR) is 98.6 cm³/mol. The normalized spacial score (nSPS) is 18.5. The van der Waals surface area contributed by atoms with Gasteiger partial charge in [-0.2, -0.15) is 0 Å². The van der Waals surface area contributed by atoms with Gasteiger partial charge in [-0.15, -0.1) is 0 Å². The molecule has 1 aliphatic heterocycles. The molecule has 25 heavy (non-hydrogen) atoms. The summed E-state index contributed by atoms with van der Waals surface area (Å²) in [7, 11) is 0. The predicted octanol–water partition coefficient (Wildman–Crippen LogP) is 3.01. The molecule has 128 valence electrons. The van der Waals surface area contributed by atoms with E-state index in [1.165, 1.54) is 10.9 Å². The van der Waals surface area contributed by atoms with Gasteiger partial charge in [-0.1, -0.05) is 18.2 Å². The fourth-order valence-corrected chi connectivity index (χ4v) is 3.79. The molecule has 5 heteroatoms. The van der Waals surface area contributed by atoms with Crippen LogP contribution in [0.5, 0.6) is 0 Å². The van der Waals surface area contributed by atoms with Crippen LogP contribution in [0.4, 0.5) is 0 Å². The molecule has 0 aliphatic carbocycles. The van der Waals surface area contributed by atoms with Crippen molar-refractivity contribution < 1.29 is 0 Å². The Morgan fingerprint density at radius 1 is 1.28 bits per heavy atom. The molecule has 0 unspecified atom stereocenters. The van der Waals surface area contributed by atoms with Crippen LogP contribution in [-0.2, 0) is 6.54 Å². The Morgan fingerprint density at radius 3 is 3.04 bits per heavy atom. The Balaban J connectivity index is 1.56. The summed E-state index contributed by atoms with van der Waals surface area (Å²) in [4.78, 5) is 26.0. The number of para-hydroxylation sites is 1. The number of piperidine rings is 1. The first-order valence-corrected chi connectivity index (χ1v) is 8.82. The molecule has 1 saturated heterocycles. The van der Waals surface area contributed by atoms with E-state index in [4.69, 9.17) is 0 Å². The highest BCUT2D eigenvalue weighted by Crippen LogP contribution is 2.27. The smallest absolute Gasteiger partial charge is 0.251 e. The molecular weight excluding hydrogens is 312 g/mol. The average Bonchev–Trinajstić information content (AvgIpc) is 2.61. The second kappa shape index (κ2) is 6.76. The van der Waals surface area contributed by atoms with Gasteiger partial charge in [0, 0.05) is 36.7 Å². The SMILES string of the molecule is Cc1nc([C@H]2CCCN(Cc3ccnc4ccccc34)C2)cc(=O)[nH]1. The topological polar surface area (TPSA) is 61.9 Å². The number of H-pyrrole nitrogens is 1. The van der Waals surface area contributed by atoms with E-state index in [-0.39, 0.29) is 5.56 Å². The molecule has 0 amide bonds. The van der Waals surface area contributed by atoms with Gasteiger partial charge < -0.3 is 4.98 Å². The van der Waals surface area contributed by atoms with E-state index in [0.717, 1.165) is 43.7 Å². The van der Waals surface area contributed by atoms with Crippen molar-refractivity contribution in [1.82, 2.24) is 19.9 Å². The molecule has 4 rings (SSSR count). The van der Waals surface area contributed by atoms with Crippen molar-refractivity contribution in [3.05, 3.63) is 70.0 Å². The van der Waals surface area contributed by atoms with Gasteiger partial charge in [0.1, 0.15) is 5.82 Å². The van der Waals surface area contributed by atoms with Gasteiger partial charge in [0.25, 0.3) is 5.56 Å². The highest BCUT2D eigenvalue weighted by molar-refractivity contribution is 5.81. The van der Waals surface area contributed by atoms with E-state index in [1.54, 1.807) is 6.07 Å². The van der Waals surface area contributed by atoms with E-state index in [2.05, 4.69) is 44.1 Å². The minimum absolute atomic E-state index is 0.0558. The number of pyridine rings is 1. The maximum atomic E-state index is 11.8. The van der Waals surface area contributed by atoms with Crippen LogP contribution in [0.25, 0.3) is 10.9 Å². The van der Waals surface area contributed by atoms with Gasteiger partial charge in [0.2, 0.25) is 0 Å². The summed E-state index contributed by atoms with van der Waals surface area (Å²) in [6, 6.07) is 12.1. The molecule has 3 heterocycles. The molecule has 3 aromatic rings. The van der Waals surface area contributed by atoms with E-state index in [1.807, 2.05) is 19.2 Å². The highest BCUT2D eigenvalue weighted by Gasteiger charge is 2.23. The van der Waals surface area contributed by atoms with Crippen LogP contribution in [0.1, 0.15) is 35.8 Å². The van der Waals surface area contributed by atoms with Crippen LogP contribution >= 0.6 is 0 Å². The molecule has 2 aromatic heterocycles. The molecule has 1 atom stereocenters. The highest BCUT2D eigenvalue weighted by atomic mass is 16.1. The second-order valence-electron chi connectivity index (χ2n) is 6.82. The molecule has 1 aromatic carbocycles. The summed E-state index contributed by atoms with van der Waals surface area (Å²) in [5, 5.41) is 1.22. The Kier molecular flexibility index (Phi) is 4.32. The van der Waals surface area contributed by atoms with Crippen LogP contribution in [0.15, 0.2) is 47.4 Å². The van der Waals surface area contributed by atoms with Crippen LogP contribution in [0.3, 0.4) is 0 Å². The summed E-state index contributed by atoms with van der Waals surface area (Å²) < 4.78 is 0. The summed E-state index contributed by atoms with van der Waals surface area (Å²) in [5.41, 5.74) is 3.21. The van der Waals surface area contributed by atoms with Gasteiger partial charge in [-0.3, -0.25) is 14.7 Å². The lowest BCUT2D eigenvalue weighted by Crippen LogP contribution is -2.34. The molecule has 0 spiro atoms. The standard InChI is InChI=1S/C20H22N4O/c1-14-22-19(11-20(25)23-14)16-5-4-10-24(13-16)12-15-8-9-21-18-7-3-2-6-17(15)18/h2-3,6-9,11,16H,4-5,10,12-13H2,1H3,(H,22,23,25)/t16-/m0/s1. The number of aromatic amines is 1. The summed E-state index contributed by atoms with van der Waals surface area (Å²) >= 11 is 0. The fourth-order valence-electron chi connectivity index (χ4n) is 3.79. The number of hydrogen-bond donors (Lipinski definition) is 1. The monoisotopic (exact) mass is 334 g/mol. The van der Waals surface area contributed by atoms with Gasteiger partial charge in [-0.25, -0.2) is 4.98 Å². The first-order chi connectivity index (χ1) is 12.2. The zero-order valence-corrected chi connectivity index (χ0v) is 14.4. The molecule has 1 fully saturated rings. The quantitative estimate of drug-likeness (QED) is 0.800. The average molecular weight is 334 g/mol. The molecule has 5 nitrogen and oxygen atoms in total. The second-order valence-corrected chi connectivity index (χ2v) is 6.82. The van der Waals surface area contributed by atoms with Gasteiger partial charge in [0.05, 0.1) is 11.2 Å². The molecule has 1 N–H and O–H groups in total. The van der Waals surface area contributed by atoms with Gasteiger partial charge in [0.15, 0.2) is 0 Å². The minimum Gasteiger partial charge on any atom is -0.311 e. The zero-order valence-electron chi connectivity index (χ0n) is 14.4. The Morgan fingerprint density at radius 2 is 2.16 bits per heavy atom. The number of rotatable bonds is 3. The Hall–Kier alpha value is -2.53. The number of nitrogens with one attached hydrogen (secondary N) is 1. The first kappa shape index (κ1) is 16.0. The number of fused-ring (bicyclic) bond motifs is 1. The molecule has 0 bridgehead atoms. The molecule has 1 aliphatic rings. The largest absolute Gasteiger partial charge is 0.311 e. The third kappa shape index (κ3) is 3.46. The lowest BCUT2D eigenvalue weighted by Gasteiger charge is -2.32. The minimum atomic E-state index is -0.0558. The zero-order chi connectivity index (χ0) is 17.2. The Labute approximate surface area is 146 Å². The number of aryl methyl sites for hydroxylation is 1. The third-order valence-electron chi connectivity index (χ3n) is 4.94. The molecule has 0 radical (unpaired) electrons. The van der Waals surface area contributed by atoms with Crippen molar-refractivity contribution in [2.45, 2.75) is 32.2 Å². The van der Waals surface area contributed by atoms with E-state index in [9.17, 15) is 4.79 Å². The number of benzene rings is 1.